The van der Waals surface area contributed by atoms with Gasteiger partial charge < -0.3 is 10.2 Å². The van der Waals surface area contributed by atoms with Crippen LogP contribution in [0, 0.1) is 0 Å². The van der Waals surface area contributed by atoms with Crippen LogP contribution in [0.3, 0.4) is 0 Å². The highest BCUT2D eigenvalue weighted by Crippen LogP contribution is 2.56. The summed E-state index contributed by atoms with van der Waals surface area (Å²) in [4.78, 5) is 0. The minimum Gasteiger partial charge on any atom is -0.508 e. The van der Waals surface area contributed by atoms with E-state index in [4.69, 9.17) is 0 Å². The Hall–Kier alpha value is -1.96. The van der Waals surface area contributed by atoms with Crippen molar-refractivity contribution >= 4 is 0 Å². The summed E-state index contributed by atoms with van der Waals surface area (Å²) in [6, 6.07) is 11.6. The molecule has 0 saturated heterocycles. The van der Waals surface area contributed by atoms with Gasteiger partial charge in [-0.3, -0.25) is 0 Å². The summed E-state index contributed by atoms with van der Waals surface area (Å²) in [7, 11) is 0. The van der Waals surface area contributed by atoms with Crippen LogP contribution in [0.2, 0.25) is 0 Å². The summed E-state index contributed by atoms with van der Waals surface area (Å²) >= 11 is 0. The van der Waals surface area contributed by atoms with Crippen LogP contribution in [-0.4, -0.2) is 10.2 Å². The second-order valence-corrected chi connectivity index (χ2v) is 5.70. The summed E-state index contributed by atoms with van der Waals surface area (Å²) in [6.07, 6.45) is 3.95. The first-order chi connectivity index (χ1) is 9.22. The molecule has 0 heterocycles. The lowest BCUT2D eigenvalue weighted by molar-refractivity contribution is 0.416. The van der Waals surface area contributed by atoms with Crippen LogP contribution in [-0.2, 0) is 18.3 Å². The molecule has 2 aliphatic carbocycles. The van der Waals surface area contributed by atoms with E-state index in [1.54, 1.807) is 12.1 Å². The highest BCUT2D eigenvalue weighted by atomic mass is 16.3. The number of phenolic OH excluding ortho intramolecular Hbond substituents is 2. The fourth-order valence-corrected chi connectivity index (χ4v) is 4.14. The molecule has 2 aromatic rings. The normalized spacial score (nSPS) is 18.5. The summed E-state index contributed by atoms with van der Waals surface area (Å²) in [5, 5.41) is 20.6. The number of hydrogen-bond acceptors (Lipinski definition) is 2. The number of fused-ring (bicyclic) bond motifs is 4. The quantitative estimate of drug-likeness (QED) is 0.755. The first kappa shape index (κ1) is 10.9. The zero-order chi connectivity index (χ0) is 13.0. The lowest BCUT2D eigenvalue weighted by Gasteiger charge is -2.27. The Kier molecular flexibility index (Phi) is 2.03. The lowest BCUT2D eigenvalue weighted by atomic mass is 9.76. The van der Waals surface area contributed by atoms with Crippen LogP contribution in [0.1, 0.15) is 35.1 Å². The van der Waals surface area contributed by atoms with E-state index < -0.39 is 0 Å². The van der Waals surface area contributed by atoms with Gasteiger partial charge in [-0.2, -0.15) is 0 Å². The molecule has 2 aromatic carbocycles. The molecule has 0 radical (unpaired) electrons. The molecule has 4 rings (SSSR count). The molecule has 19 heavy (non-hydrogen) atoms. The molecule has 2 N–H and O–H groups in total. The Morgan fingerprint density at radius 3 is 1.68 bits per heavy atom. The van der Waals surface area contributed by atoms with Crippen molar-refractivity contribution in [1.82, 2.24) is 0 Å². The van der Waals surface area contributed by atoms with Gasteiger partial charge in [0.15, 0.2) is 0 Å². The highest BCUT2D eigenvalue weighted by Gasteiger charge is 2.47. The Morgan fingerprint density at radius 2 is 1.21 bits per heavy atom. The van der Waals surface area contributed by atoms with E-state index in [0.29, 0.717) is 11.5 Å². The minimum atomic E-state index is -0.165. The molecule has 0 aromatic heterocycles. The molecule has 0 bridgehead atoms. The molecular formula is C17H16O2. The van der Waals surface area contributed by atoms with Crippen LogP contribution in [0.4, 0.5) is 0 Å². The fraction of sp³-hybridized carbons (Fsp3) is 0.294. The fourth-order valence-electron chi connectivity index (χ4n) is 4.14. The first-order valence-electron chi connectivity index (χ1n) is 6.85. The van der Waals surface area contributed by atoms with Gasteiger partial charge in [0, 0.05) is 16.5 Å². The van der Waals surface area contributed by atoms with Gasteiger partial charge in [-0.05, 0) is 48.9 Å². The van der Waals surface area contributed by atoms with Crippen LogP contribution in [0.15, 0.2) is 36.4 Å². The summed E-state index contributed by atoms with van der Waals surface area (Å²) in [5.74, 6) is 0.761. The number of phenols is 2. The zero-order valence-corrected chi connectivity index (χ0v) is 10.7. The van der Waals surface area contributed by atoms with E-state index in [0.717, 1.165) is 36.8 Å². The maximum atomic E-state index is 10.3. The predicted octanol–water partition coefficient (Wildman–Crippen LogP) is 3.28. The van der Waals surface area contributed by atoms with Gasteiger partial charge in [0.05, 0.1) is 0 Å². The molecule has 2 aliphatic rings. The van der Waals surface area contributed by atoms with Crippen molar-refractivity contribution in [2.45, 2.75) is 31.1 Å². The standard InChI is InChI=1S/C17H16O2/c18-13-5-1-3-11-7-9-17(15(11)13)10-8-12-4-2-6-14(19)16(12)17/h1-6,18-19H,7-10H2. The average Bonchev–Trinajstić information content (AvgIpc) is 2.96. The smallest absolute Gasteiger partial charge is 0.119 e. The average molecular weight is 252 g/mol. The van der Waals surface area contributed by atoms with Crippen LogP contribution in [0.25, 0.3) is 0 Å². The Balaban J connectivity index is 2.03. The third-order valence-corrected chi connectivity index (χ3v) is 4.86. The third-order valence-electron chi connectivity index (χ3n) is 4.86. The third kappa shape index (κ3) is 1.26. The van der Waals surface area contributed by atoms with Gasteiger partial charge in [0.2, 0.25) is 0 Å². The van der Waals surface area contributed by atoms with E-state index in [-0.39, 0.29) is 5.41 Å². The number of aryl methyl sites for hydroxylation is 2. The van der Waals surface area contributed by atoms with Crippen molar-refractivity contribution in [1.29, 1.82) is 0 Å². The van der Waals surface area contributed by atoms with E-state index in [2.05, 4.69) is 12.1 Å². The van der Waals surface area contributed by atoms with Gasteiger partial charge >= 0.3 is 0 Å². The molecular weight excluding hydrogens is 236 g/mol. The van der Waals surface area contributed by atoms with E-state index >= 15 is 0 Å². The molecule has 0 saturated carbocycles. The molecule has 2 nitrogen and oxygen atoms in total. The van der Waals surface area contributed by atoms with Crippen molar-refractivity contribution < 1.29 is 10.2 Å². The van der Waals surface area contributed by atoms with Gasteiger partial charge in [-0.25, -0.2) is 0 Å². The van der Waals surface area contributed by atoms with Gasteiger partial charge in [0.25, 0.3) is 0 Å². The molecule has 2 heteroatoms. The van der Waals surface area contributed by atoms with Gasteiger partial charge in [-0.1, -0.05) is 24.3 Å². The monoisotopic (exact) mass is 252 g/mol. The molecule has 1 spiro atoms. The summed E-state index contributed by atoms with van der Waals surface area (Å²) in [5.41, 5.74) is 4.40. The van der Waals surface area contributed by atoms with Crippen LogP contribution < -0.4 is 0 Å². The maximum absolute atomic E-state index is 10.3. The van der Waals surface area contributed by atoms with E-state index in [1.165, 1.54) is 11.1 Å². The summed E-state index contributed by atoms with van der Waals surface area (Å²) < 4.78 is 0. The molecule has 96 valence electrons. The first-order valence-corrected chi connectivity index (χ1v) is 6.85. The number of rotatable bonds is 0. The van der Waals surface area contributed by atoms with Crippen molar-refractivity contribution in [3.8, 4) is 11.5 Å². The topological polar surface area (TPSA) is 40.5 Å². The molecule has 0 atom stereocenters. The Labute approximate surface area is 112 Å². The number of aromatic hydroxyl groups is 2. The maximum Gasteiger partial charge on any atom is 0.119 e. The summed E-state index contributed by atoms with van der Waals surface area (Å²) in [6.45, 7) is 0. The second kappa shape index (κ2) is 3.53. The molecule has 0 aliphatic heterocycles. The van der Waals surface area contributed by atoms with Gasteiger partial charge in [-0.15, -0.1) is 0 Å². The Bertz CT molecular complexity index is 613. The Morgan fingerprint density at radius 1 is 0.737 bits per heavy atom. The van der Waals surface area contributed by atoms with E-state index in [1.807, 2.05) is 12.1 Å². The second-order valence-electron chi connectivity index (χ2n) is 5.70. The van der Waals surface area contributed by atoms with Crippen molar-refractivity contribution in [3.63, 3.8) is 0 Å². The van der Waals surface area contributed by atoms with Crippen LogP contribution in [0.5, 0.6) is 11.5 Å². The van der Waals surface area contributed by atoms with Crippen molar-refractivity contribution in [2.24, 2.45) is 0 Å². The van der Waals surface area contributed by atoms with Crippen LogP contribution >= 0.6 is 0 Å². The molecule has 0 fully saturated rings. The predicted molar refractivity (Wildman–Crippen MR) is 73.6 cm³/mol. The lowest BCUT2D eigenvalue weighted by Crippen LogP contribution is -2.21. The van der Waals surface area contributed by atoms with Crippen molar-refractivity contribution in [3.05, 3.63) is 58.7 Å². The van der Waals surface area contributed by atoms with E-state index in [9.17, 15) is 10.2 Å². The van der Waals surface area contributed by atoms with Crippen molar-refractivity contribution in [2.75, 3.05) is 0 Å². The zero-order valence-electron chi connectivity index (χ0n) is 10.7. The number of benzene rings is 2. The molecule has 0 unspecified atom stereocenters. The largest absolute Gasteiger partial charge is 0.508 e. The minimum absolute atomic E-state index is 0.165. The highest BCUT2D eigenvalue weighted by molar-refractivity contribution is 5.61. The molecule has 0 amide bonds. The van der Waals surface area contributed by atoms with Gasteiger partial charge in [0.1, 0.15) is 11.5 Å². The SMILES string of the molecule is Oc1cccc2c1C1(CC2)CCc2cccc(O)c21. The number of hydrogen-bond donors (Lipinski definition) is 2.